The summed E-state index contributed by atoms with van der Waals surface area (Å²) in [4.78, 5) is 2.47. The van der Waals surface area contributed by atoms with Crippen LogP contribution >= 0.6 is 0 Å². The maximum Gasteiger partial charge on any atom is 0.0565 e. The van der Waals surface area contributed by atoms with Crippen LogP contribution in [-0.2, 0) is 6.42 Å². The van der Waals surface area contributed by atoms with Gasteiger partial charge in [-0.05, 0) is 43.5 Å². The number of nitrogens with one attached hydrogen (secondary N) is 1. The predicted molar refractivity (Wildman–Crippen MR) is 70.2 cm³/mol. The lowest BCUT2D eigenvalue weighted by Crippen LogP contribution is -2.28. The van der Waals surface area contributed by atoms with Crippen molar-refractivity contribution in [2.24, 2.45) is 0 Å². The highest BCUT2D eigenvalue weighted by Crippen LogP contribution is 2.33. The van der Waals surface area contributed by atoms with Crippen LogP contribution in [0.25, 0.3) is 11.1 Å². The summed E-state index contributed by atoms with van der Waals surface area (Å²) in [7, 11) is 0. The number of aromatic nitrogens is 2. The van der Waals surface area contributed by atoms with E-state index in [0.29, 0.717) is 6.04 Å². The molecule has 1 N–H and O–H groups in total. The van der Waals surface area contributed by atoms with Crippen molar-refractivity contribution in [3.8, 4) is 11.1 Å². The Hall–Kier alpha value is -1.77. The van der Waals surface area contributed by atoms with Crippen molar-refractivity contribution in [3.05, 3.63) is 36.2 Å². The lowest BCUT2D eigenvalue weighted by molar-refractivity contribution is 0.710. The molecule has 0 atom stereocenters. The molecule has 0 saturated carbocycles. The van der Waals surface area contributed by atoms with Gasteiger partial charge in [-0.3, -0.25) is 5.10 Å². The number of H-pyrrole nitrogens is 1. The topological polar surface area (TPSA) is 31.9 Å². The molecule has 1 aliphatic rings. The summed E-state index contributed by atoms with van der Waals surface area (Å²) in [6, 6.07) is 7.30. The van der Waals surface area contributed by atoms with Crippen molar-refractivity contribution in [1.29, 1.82) is 0 Å². The molecule has 0 unspecified atom stereocenters. The third kappa shape index (κ3) is 1.71. The Labute approximate surface area is 101 Å². The lowest BCUT2D eigenvalue weighted by atomic mass is 10.0. The molecule has 3 nitrogen and oxygen atoms in total. The van der Waals surface area contributed by atoms with Crippen LogP contribution in [0.4, 0.5) is 5.69 Å². The molecule has 0 radical (unpaired) electrons. The summed E-state index contributed by atoms with van der Waals surface area (Å²) >= 11 is 0. The van der Waals surface area contributed by atoms with Crippen molar-refractivity contribution >= 4 is 5.69 Å². The predicted octanol–water partition coefficient (Wildman–Crippen LogP) is 2.85. The van der Waals surface area contributed by atoms with Crippen LogP contribution in [0.15, 0.2) is 30.6 Å². The van der Waals surface area contributed by atoms with E-state index in [9.17, 15) is 0 Å². The fourth-order valence-electron chi connectivity index (χ4n) is 2.55. The minimum atomic E-state index is 0.580. The summed E-state index contributed by atoms with van der Waals surface area (Å²) in [5.74, 6) is 0. The highest BCUT2D eigenvalue weighted by atomic mass is 15.2. The van der Waals surface area contributed by atoms with Crippen molar-refractivity contribution in [1.82, 2.24) is 10.2 Å². The minimum Gasteiger partial charge on any atom is -0.369 e. The van der Waals surface area contributed by atoms with E-state index < -0.39 is 0 Å². The summed E-state index contributed by atoms with van der Waals surface area (Å²) in [5, 5.41) is 6.86. The zero-order valence-corrected chi connectivity index (χ0v) is 10.3. The smallest absolute Gasteiger partial charge is 0.0565 e. The molecule has 0 fully saturated rings. The average Bonchev–Trinajstić information content (AvgIpc) is 2.97. The zero-order chi connectivity index (χ0) is 11.8. The van der Waals surface area contributed by atoms with E-state index in [4.69, 9.17) is 0 Å². The van der Waals surface area contributed by atoms with E-state index in [2.05, 4.69) is 47.1 Å². The highest BCUT2D eigenvalue weighted by molar-refractivity contribution is 5.70. The fourth-order valence-corrected chi connectivity index (χ4v) is 2.55. The number of hydrogen-bond acceptors (Lipinski definition) is 2. The van der Waals surface area contributed by atoms with Crippen molar-refractivity contribution in [2.45, 2.75) is 26.3 Å². The Balaban J connectivity index is 1.99. The van der Waals surface area contributed by atoms with Crippen LogP contribution in [0.3, 0.4) is 0 Å². The number of rotatable bonds is 2. The van der Waals surface area contributed by atoms with E-state index in [1.54, 1.807) is 0 Å². The largest absolute Gasteiger partial charge is 0.369 e. The first-order valence-electron chi connectivity index (χ1n) is 6.14. The Kier molecular flexibility index (Phi) is 2.39. The van der Waals surface area contributed by atoms with Gasteiger partial charge >= 0.3 is 0 Å². The van der Waals surface area contributed by atoms with E-state index in [1.807, 2.05) is 12.4 Å². The Morgan fingerprint density at radius 1 is 1.29 bits per heavy atom. The third-order valence-electron chi connectivity index (χ3n) is 3.47. The Morgan fingerprint density at radius 2 is 2.18 bits per heavy atom. The van der Waals surface area contributed by atoms with Crippen LogP contribution in [-0.4, -0.2) is 22.8 Å². The van der Waals surface area contributed by atoms with Crippen LogP contribution in [0.2, 0.25) is 0 Å². The quantitative estimate of drug-likeness (QED) is 0.855. The average molecular weight is 227 g/mol. The third-order valence-corrected chi connectivity index (χ3v) is 3.47. The lowest BCUT2D eigenvalue weighted by Gasteiger charge is -2.23. The molecule has 0 bridgehead atoms. The summed E-state index contributed by atoms with van der Waals surface area (Å²) < 4.78 is 0. The second-order valence-corrected chi connectivity index (χ2v) is 4.87. The Bertz CT molecular complexity index is 514. The molecule has 88 valence electrons. The Morgan fingerprint density at radius 3 is 2.88 bits per heavy atom. The molecular formula is C14H17N3. The number of hydrogen-bond donors (Lipinski definition) is 1. The van der Waals surface area contributed by atoms with Crippen LogP contribution in [0.5, 0.6) is 0 Å². The standard InChI is InChI=1S/C14H17N3/c1-10(2)17-6-5-12-7-11(3-4-14(12)17)13-8-15-16-9-13/h3-4,7-10H,5-6H2,1-2H3,(H,15,16). The van der Waals surface area contributed by atoms with Crippen molar-refractivity contribution in [2.75, 3.05) is 11.4 Å². The molecule has 2 heterocycles. The molecule has 0 aliphatic carbocycles. The molecule has 3 heteroatoms. The van der Waals surface area contributed by atoms with Gasteiger partial charge in [0.05, 0.1) is 6.20 Å². The van der Waals surface area contributed by atoms with E-state index >= 15 is 0 Å². The van der Waals surface area contributed by atoms with Crippen LogP contribution < -0.4 is 4.90 Å². The second kappa shape index (κ2) is 3.91. The molecular weight excluding hydrogens is 210 g/mol. The second-order valence-electron chi connectivity index (χ2n) is 4.87. The zero-order valence-electron chi connectivity index (χ0n) is 10.3. The maximum absolute atomic E-state index is 4.00. The number of anilines is 1. The molecule has 1 aliphatic heterocycles. The molecule has 2 aromatic rings. The molecule has 1 aromatic heterocycles. The fraction of sp³-hybridized carbons (Fsp3) is 0.357. The number of benzene rings is 1. The van der Waals surface area contributed by atoms with Gasteiger partial charge in [-0.2, -0.15) is 5.10 Å². The first-order chi connectivity index (χ1) is 8.25. The number of nitrogens with zero attached hydrogens (tertiary/aromatic N) is 2. The van der Waals surface area contributed by atoms with Gasteiger partial charge in [0.1, 0.15) is 0 Å². The van der Waals surface area contributed by atoms with Crippen molar-refractivity contribution in [3.63, 3.8) is 0 Å². The van der Waals surface area contributed by atoms with Crippen LogP contribution in [0, 0.1) is 0 Å². The monoisotopic (exact) mass is 227 g/mol. The van der Waals surface area contributed by atoms with E-state index in [-0.39, 0.29) is 0 Å². The van der Waals surface area contributed by atoms with Gasteiger partial charge in [-0.15, -0.1) is 0 Å². The number of aromatic amines is 1. The van der Waals surface area contributed by atoms with Gasteiger partial charge in [-0.25, -0.2) is 0 Å². The minimum absolute atomic E-state index is 0.580. The molecule has 1 aromatic carbocycles. The van der Waals surface area contributed by atoms with Gasteiger partial charge in [0.2, 0.25) is 0 Å². The van der Waals surface area contributed by atoms with Gasteiger partial charge in [-0.1, -0.05) is 6.07 Å². The molecule has 3 rings (SSSR count). The SMILES string of the molecule is CC(C)N1CCc2cc(-c3cn[nH]c3)ccc21. The van der Waals surface area contributed by atoms with Gasteiger partial charge in [0, 0.05) is 30.0 Å². The maximum atomic E-state index is 4.00. The summed E-state index contributed by atoms with van der Waals surface area (Å²) in [6.45, 7) is 5.64. The van der Waals surface area contributed by atoms with E-state index in [1.165, 1.54) is 16.8 Å². The molecule has 17 heavy (non-hydrogen) atoms. The summed E-state index contributed by atoms with van der Waals surface area (Å²) in [5.41, 5.74) is 5.27. The van der Waals surface area contributed by atoms with Gasteiger partial charge < -0.3 is 4.90 Å². The van der Waals surface area contributed by atoms with Gasteiger partial charge in [0.25, 0.3) is 0 Å². The highest BCUT2D eigenvalue weighted by Gasteiger charge is 2.21. The molecule has 0 saturated heterocycles. The van der Waals surface area contributed by atoms with Crippen LogP contribution in [0.1, 0.15) is 19.4 Å². The molecule has 0 amide bonds. The normalized spacial score (nSPS) is 14.4. The van der Waals surface area contributed by atoms with Gasteiger partial charge in [0.15, 0.2) is 0 Å². The summed E-state index contributed by atoms with van der Waals surface area (Å²) in [6.07, 6.45) is 4.97. The van der Waals surface area contributed by atoms with Crippen molar-refractivity contribution < 1.29 is 0 Å². The first-order valence-corrected chi connectivity index (χ1v) is 6.14. The van der Waals surface area contributed by atoms with E-state index in [0.717, 1.165) is 18.5 Å². The molecule has 0 spiro atoms. The number of fused-ring (bicyclic) bond motifs is 1. The first kappa shape index (κ1) is 10.4.